The lowest BCUT2D eigenvalue weighted by Gasteiger charge is -2.20. The Labute approximate surface area is 155 Å². The normalized spacial score (nSPS) is 22.8. The molecule has 2 aliphatic heterocycles. The van der Waals surface area contributed by atoms with Gasteiger partial charge in [0.1, 0.15) is 0 Å². The first-order chi connectivity index (χ1) is 11.6. The number of aryl methyl sites for hydroxylation is 1. The van der Waals surface area contributed by atoms with E-state index in [4.69, 9.17) is 0 Å². The Bertz CT molecular complexity index is 629. The highest BCUT2D eigenvalue weighted by molar-refractivity contribution is 6.00. The number of nitrogens with one attached hydrogen (secondary N) is 2. The highest BCUT2D eigenvalue weighted by atomic mass is 35.5. The minimum absolute atomic E-state index is 0. The van der Waals surface area contributed by atoms with E-state index in [1.165, 1.54) is 12.0 Å². The fraction of sp³-hybridized carbons (Fsp3) is 0.579. The van der Waals surface area contributed by atoms with Gasteiger partial charge in [0.05, 0.1) is 5.92 Å². The molecule has 2 saturated heterocycles. The summed E-state index contributed by atoms with van der Waals surface area (Å²) < 4.78 is 0. The highest BCUT2D eigenvalue weighted by Crippen LogP contribution is 2.29. The van der Waals surface area contributed by atoms with E-state index in [-0.39, 0.29) is 30.1 Å². The second kappa shape index (κ2) is 8.68. The third-order valence-electron chi connectivity index (χ3n) is 5.38. The van der Waals surface area contributed by atoms with Crippen molar-refractivity contribution in [3.63, 3.8) is 0 Å². The van der Waals surface area contributed by atoms with Crippen LogP contribution in [0.15, 0.2) is 18.2 Å². The van der Waals surface area contributed by atoms with Gasteiger partial charge in [-0.25, -0.2) is 0 Å². The molecule has 2 heterocycles. The van der Waals surface area contributed by atoms with Crippen LogP contribution in [0.1, 0.15) is 30.4 Å². The molecule has 0 saturated carbocycles. The van der Waals surface area contributed by atoms with Gasteiger partial charge in [-0.15, -0.1) is 12.4 Å². The number of halogens is 1. The molecule has 0 spiro atoms. The summed E-state index contributed by atoms with van der Waals surface area (Å²) in [6, 6.07) is 5.98. The molecular weight excluding hydrogens is 338 g/mol. The molecule has 2 N–H and O–H groups in total. The highest BCUT2D eigenvalue weighted by Gasteiger charge is 2.35. The molecule has 2 fully saturated rings. The summed E-state index contributed by atoms with van der Waals surface area (Å²) in [5.41, 5.74) is 3.21. The lowest BCUT2D eigenvalue weighted by molar-refractivity contribution is -0.126. The quantitative estimate of drug-likeness (QED) is 0.840. The van der Waals surface area contributed by atoms with Crippen LogP contribution >= 0.6 is 12.4 Å². The second-order valence-corrected chi connectivity index (χ2v) is 7.06. The van der Waals surface area contributed by atoms with Gasteiger partial charge in [-0.3, -0.25) is 9.59 Å². The van der Waals surface area contributed by atoms with Crippen LogP contribution in [0, 0.1) is 25.7 Å². The Balaban J connectivity index is 0.00000225. The van der Waals surface area contributed by atoms with Gasteiger partial charge in [0.15, 0.2) is 0 Å². The maximum Gasteiger partial charge on any atom is 0.227 e. The minimum Gasteiger partial charge on any atom is -0.356 e. The van der Waals surface area contributed by atoms with Crippen molar-refractivity contribution in [2.45, 2.75) is 33.1 Å². The lowest BCUT2D eigenvalue weighted by Crippen LogP contribution is -2.34. The van der Waals surface area contributed by atoms with E-state index in [1.54, 1.807) is 4.90 Å². The number of benzene rings is 1. The summed E-state index contributed by atoms with van der Waals surface area (Å²) in [7, 11) is 0. The average Bonchev–Trinajstić information content (AvgIpc) is 3.20. The van der Waals surface area contributed by atoms with Crippen LogP contribution in [0.25, 0.3) is 0 Å². The molecule has 138 valence electrons. The fourth-order valence-electron chi connectivity index (χ4n) is 3.65. The molecule has 0 bridgehead atoms. The summed E-state index contributed by atoms with van der Waals surface area (Å²) in [5.74, 6) is 0.493. The van der Waals surface area contributed by atoms with Gasteiger partial charge in [0.2, 0.25) is 11.8 Å². The third kappa shape index (κ3) is 4.53. The summed E-state index contributed by atoms with van der Waals surface area (Å²) >= 11 is 0. The van der Waals surface area contributed by atoms with Gasteiger partial charge in [-0.2, -0.15) is 0 Å². The molecule has 25 heavy (non-hydrogen) atoms. The number of carbonyl (C=O) groups is 2. The molecule has 6 heteroatoms. The van der Waals surface area contributed by atoms with Crippen LogP contribution in [0.3, 0.4) is 0 Å². The third-order valence-corrected chi connectivity index (χ3v) is 5.38. The standard InChI is InChI=1S/C19H27N3O2.ClH/c1-13-4-3-5-17(14(13)2)22-12-16(10-18(22)23)19(24)21-9-7-15-6-8-20-11-15;/h3-5,15-16,20H,6-12H2,1-2H3,(H,21,24);1H. The van der Waals surface area contributed by atoms with Gasteiger partial charge in [-0.1, -0.05) is 12.1 Å². The fourth-order valence-corrected chi connectivity index (χ4v) is 3.65. The number of carbonyl (C=O) groups excluding carboxylic acids is 2. The second-order valence-electron chi connectivity index (χ2n) is 7.06. The Hall–Kier alpha value is -1.59. The number of hydrogen-bond donors (Lipinski definition) is 2. The first-order valence-corrected chi connectivity index (χ1v) is 8.91. The Morgan fingerprint density at radius 2 is 2.16 bits per heavy atom. The van der Waals surface area contributed by atoms with Crippen LogP contribution in [-0.4, -0.2) is 38.0 Å². The number of anilines is 1. The molecule has 2 atom stereocenters. The van der Waals surface area contributed by atoms with E-state index in [9.17, 15) is 9.59 Å². The zero-order chi connectivity index (χ0) is 17.1. The van der Waals surface area contributed by atoms with Crippen molar-refractivity contribution in [3.8, 4) is 0 Å². The van der Waals surface area contributed by atoms with Crippen LogP contribution in [0.5, 0.6) is 0 Å². The molecule has 3 rings (SSSR count). The van der Waals surface area contributed by atoms with Crippen molar-refractivity contribution >= 4 is 29.9 Å². The monoisotopic (exact) mass is 365 g/mol. The van der Waals surface area contributed by atoms with Gasteiger partial charge in [-0.05, 0) is 62.9 Å². The van der Waals surface area contributed by atoms with E-state index >= 15 is 0 Å². The van der Waals surface area contributed by atoms with E-state index < -0.39 is 0 Å². The molecule has 0 aliphatic carbocycles. The van der Waals surface area contributed by atoms with Crippen molar-refractivity contribution in [2.24, 2.45) is 11.8 Å². The summed E-state index contributed by atoms with van der Waals surface area (Å²) in [6.45, 7) is 7.40. The first kappa shape index (κ1) is 19.7. The molecule has 2 amide bonds. The number of rotatable bonds is 5. The first-order valence-electron chi connectivity index (χ1n) is 8.91. The van der Waals surface area contributed by atoms with Gasteiger partial charge < -0.3 is 15.5 Å². The zero-order valence-electron chi connectivity index (χ0n) is 15.0. The molecule has 2 aliphatic rings. The van der Waals surface area contributed by atoms with Gasteiger partial charge in [0, 0.05) is 25.2 Å². The van der Waals surface area contributed by atoms with E-state index in [2.05, 4.69) is 10.6 Å². The zero-order valence-corrected chi connectivity index (χ0v) is 15.8. The maximum atomic E-state index is 12.4. The predicted octanol–water partition coefficient (Wildman–Crippen LogP) is 2.19. The van der Waals surface area contributed by atoms with E-state index in [1.807, 2.05) is 32.0 Å². The van der Waals surface area contributed by atoms with Gasteiger partial charge >= 0.3 is 0 Å². The van der Waals surface area contributed by atoms with Crippen LogP contribution in [0.4, 0.5) is 5.69 Å². The molecule has 1 aromatic rings. The topological polar surface area (TPSA) is 61.4 Å². The molecule has 1 aromatic carbocycles. The molecular formula is C19H28ClN3O2. The molecule has 0 radical (unpaired) electrons. The summed E-state index contributed by atoms with van der Waals surface area (Å²) in [6.07, 6.45) is 2.52. The maximum absolute atomic E-state index is 12.4. The van der Waals surface area contributed by atoms with Crippen molar-refractivity contribution in [2.75, 3.05) is 31.1 Å². The Morgan fingerprint density at radius 3 is 2.88 bits per heavy atom. The van der Waals surface area contributed by atoms with Crippen molar-refractivity contribution in [1.82, 2.24) is 10.6 Å². The number of nitrogens with zero attached hydrogens (tertiary/aromatic N) is 1. The van der Waals surface area contributed by atoms with Crippen LogP contribution in [0.2, 0.25) is 0 Å². The lowest BCUT2D eigenvalue weighted by atomic mass is 10.0. The number of amides is 2. The van der Waals surface area contributed by atoms with Crippen molar-refractivity contribution in [1.29, 1.82) is 0 Å². The number of hydrogen-bond acceptors (Lipinski definition) is 3. The minimum atomic E-state index is -0.237. The van der Waals surface area contributed by atoms with Gasteiger partial charge in [0.25, 0.3) is 0 Å². The Kier molecular flexibility index (Phi) is 6.85. The van der Waals surface area contributed by atoms with Crippen molar-refractivity contribution in [3.05, 3.63) is 29.3 Å². The Morgan fingerprint density at radius 1 is 1.36 bits per heavy atom. The summed E-state index contributed by atoms with van der Waals surface area (Å²) in [5, 5.41) is 6.37. The largest absolute Gasteiger partial charge is 0.356 e. The summed E-state index contributed by atoms with van der Waals surface area (Å²) in [4.78, 5) is 26.5. The smallest absolute Gasteiger partial charge is 0.227 e. The average molecular weight is 366 g/mol. The van der Waals surface area contributed by atoms with Crippen molar-refractivity contribution < 1.29 is 9.59 Å². The van der Waals surface area contributed by atoms with Crippen LogP contribution < -0.4 is 15.5 Å². The molecule has 5 nitrogen and oxygen atoms in total. The molecule has 2 unspecified atom stereocenters. The molecule has 0 aromatic heterocycles. The van der Waals surface area contributed by atoms with E-state index in [0.717, 1.165) is 30.8 Å². The SMILES string of the molecule is Cc1cccc(N2CC(C(=O)NCCC3CCNC3)CC2=O)c1C.Cl. The van der Waals surface area contributed by atoms with E-state index in [0.29, 0.717) is 25.4 Å². The predicted molar refractivity (Wildman–Crippen MR) is 102 cm³/mol. The van der Waals surface area contributed by atoms with Crippen LogP contribution in [-0.2, 0) is 9.59 Å².